The minimum Gasteiger partial charge on any atom is -0.439 e. The zero-order valence-electron chi connectivity index (χ0n) is 17.8. The maximum absolute atomic E-state index is 12.8. The molecule has 0 aliphatic carbocycles. The molecule has 2 aromatic carbocycles. The average Bonchev–Trinajstić information content (AvgIpc) is 3.33. The highest BCUT2D eigenvalue weighted by Gasteiger charge is 2.27. The summed E-state index contributed by atoms with van der Waals surface area (Å²) in [6.45, 7) is 2.20. The Morgan fingerprint density at radius 1 is 1.03 bits per heavy atom. The minimum atomic E-state index is -3.86. The molecule has 0 bridgehead atoms. The Morgan fingerprint density at radius 2 is 1.73 bits per heavy atom. The predicted octanol–water partition coefficient (Wildman–Crippen LogP) is 5.49. The van der Waals surface area contributed by atoms with Gasteiger partial charge in [-0.05, 0) is 74.0 Å². The molecule has 1 atom stereocenters. The number of carbonyl (C=O) groups is 1. The van der Waals surface area contributed by atoms with Crippen molar-refractivity contribution in [1.29, 1.82) is 0 Å². The van der Waals surface area contributed by atoms with E-state index in [0.29, 0.717) is 11.6 Å². The third-order valence-corrected chi connectivity index (χ3v) is 8.26. The number of hydrogen-bond acceptors (Lipinski definition) is 5. The molecular formula is C24H24BrClN2O4S. The number of benzene rings is 2. The molecule has 0 radical (unpaired) electrons. The molecule has 1 aromatic heterocycles. The molecule has 1 amide bonds. The second-order valence-corrected chi connectivity index (χ2v) is 11.1. The monoisotopic (exact) mass is 550 g/mol. The number of nitrogens with zero attached hydrogens (tertiary/aromatic N) is 1. The molecule has 1 fully saturated rings. The molecule has 2 heterocycles. The fraction of sp³-hybridized carbons (Fsp3) is 0.292. The van der Waals surface area contributed by atoms with Crippen molar-refractivity contribution in [2.45, 2.75) is 35.3 Å². The molecular weight excluding hydrogens is 528 g/mol. The van der Waals surface area contributed by atoms with Crippen LogP contribution in [-0.4, -0.2) is 38.9 Å². The number of carbonyl (C=O) groups excluding carboxylic acids is 1. The van der Waals surface area contributed by atoms with E-state index in [2.05, 4.69) is 26.1 Å². The Morgan fingerprint density at radius 3 is 2.42 bits per heavy atom. The molecule has 0 saturated carbocycles. The predicted molar refractivity (Wildman–Crippen MR) is 130 cm³/mol. The summed E-state index contributed by atoms with van der Waals surface area (Å²) in [6, 6.07) is 16.5. The van der Waals surface area contributed by atoms with Gasteiger partial charge in [0.15, 0.2) is 5.76 Å². The number of rotatable bonds is 7. The van der Waals surface area contributed by atoms with E-state index in [4.69, 9.17) is 16.0 Å². The fourth-order valence-electron chi connectivity index (χ4n) is 4.00. The van der Waals surface area contributed by atoms with Gasteiger partial charge in [0, 0.05) is 16.0 Å². The number of nitrogens with one attached hydrogen (secondary N) is 1. The molecule has 0 spiro atoms. The van der Waals surface area contributed by atoms with E-state index < -0.39 is 15.7 Å². The van der Waals surface area contributed by atoms with Gasteiger partial charge in [-0.15, -0.1) is 0 Å². The molecule has 33 heavy (non-hydrogen) atoms. The van der Waals surface area contributed by atoms with Gasteiger partial charge < -0.3 is 9.73 Å². The van der Waals surface area contributed by atoms with Crippen molar-refractivity contribution in [2.75, 3.05) is 19.6 Å². The molecule has 6 nitrogen and oxygen atoms in total. The van der Waals surface area contributed by atoms with Gasteiger partial charge >= 0.3 is 0 Å². The summed E-state index contributed by atoms with van der Waals surface area (Å²) in [5, 5.41) is 3.29. The van der Waals surface area contributed by atoms with Crippen molar-refractivity contribution in [1.82, 2.24) is 10.2 Å². The lowest BCUT2D eigenvalue weighted by molar-refractivity contribution is 0.0892. The summed E-state index contributed by atoms with van der Waals surface area (Å²) in [5.41, 5.74) is 0.958. The van der Waals surface area contributed by atoms with E-state index in [1.54, 1.807) is 12.1 Å². The Balaban J connectivity index is 1.50. The summed E-state index contributed by atoms with van der Waals surface area (Å²) in [5.74, 6) is -0.524. The highest BCUT2D eigenvalue weighted by molar-refractivity contribution is 9.10. The van der Waals surface area contributed by atoms with Crippen LogP contribution in [0.5, 0.6) is 0 Å². The summed E-state index contributed by atoms with van der Waals surface area (Å²) >= 11 is 9.75. The molecule has 1 unspecified atom stereocenters. The lowest BCUT2D eigenvalue weighted by Crippen LogP contribution is -2.40. The van der Waals surface area contributed by atoms with Crippen LogP contribution in [0, 0.1) is 0 Å². The topological polar surface area (TPSA) is 79.6 Å². The molecule has 9 heteroatoms. The van der Waals surface area contributed by atoms with E-state index in [1.165, 1.54) is 30.7 Å². The van der Waals surface area contributed by atoms with Gasteiger partial charge in [0.1, 0.15) is 0 Å². The number of piperidine rings is 1. The number of likely N-dealkylation sites (tertiary alicyclic amines) is 1. The van der Waals surface area contributed by atoms with E-state index >= 15 is 0 Å². The van der Waals surface area contributed by atoms with Crippen LogP contribution in [-0.2, 0) is 9.84 Å². The second kappa shape index (κ2) is 10.4. The molecule has 3 aromatic rings. The highest BCUT2D eigenvalue weighted by Crippen LogP contribution is 2.30. The van der Waals surface area contributed by atoms with Crippen LogP contribution in [0.1, 0.15) is 41.4 Å². The molecule has 1 aliphatic heterocycles. The van der Waals surface area contributed by atoms with Gasteiger partial charge in [-0.3, -0.25) is 9.69 Å². The third-order valence-electron chi connectivity index (χ3n) is 5.75. The number of halogens is 2. The van der Waals surface area contributed by atoms with Crippen LogP contribution < -0.4 is 5.32 Å². The fourth-order valence-corrected chi connectivity index (χ4v) is 5.70. The van der Waals surface area contributed by atoms with Crippen LogP contribution >= 0.6 is 27.5 Å². The van der Waals surface area contributed by atoms with Gasteiger partial charge in [-0.25, -0.2) is 8.42 Å². The number of hydrogen-bond donors (Lipinski definition) is 1. The van der Waals surface area contributed by atoms with E-state index in [9.17, 15) is 13.2 Å². The Hall–Kier alpha value is -2.13. The highest BCUT2D eigenvalue weighted by atomic mass is 79.9. The lowest BCUT2D eigenvalue weighted by Gasteiger charge is -2.35. The molecule has 1 aliphatic rings. The van der Waals surface area contributed by atoms with Crippen LogP contribution in [0.25, 0.3) is 0 Å². The quantitative estimate of drug-likeness (QED) is 0.420. The number of amides is 1. The van der Waals surface area contributed by atoms with Crippen LogP contribution in [0.2, 0.25) is 5.02 Å². The van der Waals surface area contributed by atoms with Gasteiger partial charge in [0.25, 0.3) is 5.91 Å². The Bertz CT molecular complexity index is 1220. The lowest BCUT2D eigenvalue weighted by atomic mass is 10.0. The zero-order valence-corrected chi connectivity index (χ0v) is 21.0. The van der Waals surface area contributed by atoms with Crippen LogP contribution in [0.3, 0.4) is 0 Å². The zero-order chi connectivity index (χ0) is 23.4. The van der Waals surface area contributed by atoms with Crippen molar-refractivity contribution in [2.24, 2.45) is 0 Å². The Kier molecular flexibility index (Phi) is 7.58. The van der Waals surface area contributed by atoms with Crippen molar-refractivity contribution < 1.29 is 17.6 Å². The first kappa shape index (κ1) is 24.0. The van der Waals surface area contributed by atoms with Crippen molar-refractivity contribution in [3.8, 4) is 0 Å². The molecule has 1 saturated heterocycles. The van der Waals surface area contributed by atoms with Crippen molar-refractivity contribution in [3.05, 3.63) is 81.5 Å². The molecule has 1 N–H and O–H groups in total. The van der Waals surface area contributed by atoms with Gasteiger partial charge in [-0.1, -0.05) is 52.2 Å². The van der Waals surface area contributed by atoms with Gasteiger partial charge in [-0.2, -0.15) is 0 Å². The standard InChI is InChI=1S/C24H24BrClN2O4S/c25-17-8-10-18(11-9-17)33(30,31)23-13-12-22(32-23)24(29)27-16-21(28-14-4-1-5-15-28)19-6-2-3-7-20(19)26/h2-3,6-13,21H,1,4-5,14-16H2,(H,27,29). The first-order valence-electron chi connectivity index (χ1n) is 10.7. The van der Waals surface area contributed by atoms with Crippen molar-refractivity contribution >= 4 is 43.3 Å². The van der Waals surface area contributed by atoms with E-state index in [1.807, 2.05) is 24.3 Å². The average molecular weight is 552 g/mol. The van der Waals surface area contributed by atoms with E-state index in [0.717, 1.165) is 36.0 Å². The second-order valence-electron chi connectivity index (χ2n) is 7.92. The summed E-state index contributed by atoms with van der Waals surface area (Å²) in [4.78, 5) is 15.2. The SMILES string of the molecule is O=C(NCC(c1ccccc1Cl)N1CCCCC1)c1ccc(S(=O)(=O)c2ccc(Br)cc2)o1. The summed E-state index contributed by atoms with van der Waals surface area (Å²) in [6.07, 6.45) is 3.40. The van der Waals surface area contributed by atoms with Crippen LogP contribution in [0.4, 0.5) is 0 Å². The summed E-state index contributed by atoms with van der Waals surface area (Å²) < 4.78 is 31.8. The largest absolute Gasteiger partial charge is 0.439 e. The van der Waals surface area contributed by atoms with Crippen LogP contribution in [0.15, 0.2) is 79.5 Å². The maximum atomic E-state index is 12.8. The minimum absolute atomic E-state index is 0.0535. The smallest absolute Gasteiger partial charge is 0.287 e. The van der Waals surface area contributed by atoms with Gasteiger partial charge in [0.2, 0.25) is 14.9 Å². The first-order chi connectivity index (χ1) is 15.9. The van der Waals surface area contributed by atoms with Gasteiger partial charge in [0.05, 0.1) is 10.9 Å². The summed E-state index contributed by atoms with van der Waals surface area (Å²) in [7, 11) is -3.86. The Labute approximate surface area is 207 Å². The normalized spacial score (nSPS) is 15.8. The first-order valence-corrected chi connectivity index (χ1v) is 13.4. The maximum Gasteiger partial charge on any atom is 0.287 e. The molecule has 4 rings (SSSR count). The van der Waals surface area contributed by atoms with Crippen molar-refractivity contribution in [3.63, 3.8) is 0 Å². The third kappa shape index (κ3) is 5.51. The molecule has 174 valence electrons. The number of furan rings is 1. The van der Waals surface area contributed by atoms with E-state index in [-0.39, 0.29) is 21.8 Å². The number of sulfone groups is 1.